The first-order valence-corrected chi connectivity index (χ1v) is 8.65. The summed E-state index contributed by atoms with van der Waals surface area (Å²) >= 11 is 0. The monoisotopic (exact) mass is 375 g/mol. The van der Waals surface area contributed by atoms with Gasteiger partial charge in [0.05, 0.1) is 12.7 Å². The van der Waals surface area contributed by atoms with Crippen LogP contribution in [0.3, 0.4) is 0 Å². The van der Waals surface area contributed by atoms with Crippen molar-refractivity contribution in [2.45, 2.75) is 20.0 Å². The van der Waals surface area contributed by atoms with Crippen molar-refractivity contribution in [2.24, 2.45) is 0 Å². The Hall–Kier alpha value is -2.88. The number of alkyl halides is 2. The number of imidazole rings is 1. The second kappa shape index (κ2) is 7.03. The van der Waals surface area contributed by atoms with Gasteiger partial charge in [0.2, 0.25) is 0 Å². The molecule has 1 aliphatic rings. The van der Waals surface area contributed by atoms with Crippen LogP contribution in [0.5, 0.6) is 0 Å². The molecular formula is C17H19F2N7O. The molecule has 3 aromatic rings. The van der Waals surface area contributed by atoms with Gasteiger partial charge >= 0.3 is 6.55 Å². The van der Waals surface area contributed by atoms with Gasteiger partial charge < -0.3 is 4.90 Å². The Morgan fingerprint density at radius 1 is 1.22 bits per heavy atom. The van der Waals surface area contributed by atoms with E-state index in [4.69, 9.17) is 0 Å². The summed E-state index contributed by atoms with van der Waals surface area (Å²) in [4.78, 5) is 25.0. The number of aryl methyl sites for hydroxylation is 1. The molecule has 1 aliphatic heterocycles. The van der Waals surface area contributed by atoms with Crippen molar-refractivity contribution in [3.8, 4) is 0 Å². The van der Waals surface area contributed by atoms with Gasteiger partial charge in [0.25, 0.3) is 5.91 Å². The summed E-state index contributed by atoms with van der Waals surface area (Å²) in [7, 11) is 0. The standard InChI is InChI=1S/C17H19F2N7O/c1-12-2-4-26-15(22-12)13(10-21-26)16(27)24-8-6-23(7-9-24)11-14-20-3-5-25(14)17(18)19/h2-5,10,17H,6-9,11H2,1H3. The summed E-state index contributed by atoms with van der Waals surface area (Å²) in [6.07, 6.45) is 5.97. The van der Waals surface area contributed by atoms with Gasteiger partial charge in [0.1, 0.15) is 11.4 Å². The lowest BCUT2D eigenvalue weighted by Crippen LogP contribution is -2.48. The maximum Gasteiger partial charge on any atom is 0.319 e. The molecule has 0 aliphatic carbocycles. The van der Waals surface area contributed by atoms with Crippen LogP contribution in [0.4, 0.5) is 8.78 Å². The fourth-order valence-electron chi connectivity index (χ4n) is 3.23. The van der Waals surface area contributed by atoms with Crippen molar-refractivity contribution in [3.63, 3.8) is 0 Å². The van der Waals surface area contributed by atoms with E-state index in [-0.39, 0.29) is 5.91 Å². The molecule has 0 N–H and O–H groups in total. The summed E-state index contributed by atoms with van der Waals surface area (Å²) in [5.41, 5.74) is 1.83. The Morgan fingerprint density at radius 3 is 2.74 bits per heavy atom. The first kappa shape index (κ1) is 17.5. The van der Waals surface area contributed by atoms with Crippen molar-refractivity contribution in [2.75, 3.05) is 26.2 Å². The highest BCUT2D eigenvalue weighted by molar-refractivity contribution is 5.99. The molecule has 1 fully saturated rings. The number of aromatic nitrogens is 5. The van der Waals surface area contributed by atoms with Crippen molar-refractivity contribution >= 4 is 11.6 Å². The Balaban J connectivity index is 1.42. The van der Waals surface area contributed by atoms with Gasteiger partial charge in [-0.25, -0.2) is 14.5 Å². The number of nitrogens with zero attached hydrogens (tertiary/aromatic N) is 7. The maximum absolute atomic E-state index is 12.9. The number of piperazine rings is 1. The first-order valence-electron chi connectivity index (χ1n) is 8.65. The Kier molecular flexibility index (Phi) is 4.56. The molecule has 3 aromatic heterocycles. The maximum atomic E-state index is 12.9. The van der Waals surface area contributed by atoms with E-state index in [0.717, 1.165) is 10.3 Å². The van der Waals surface area contributed by atoms with Crippen LogP contribution in [0.1, 0.15) is 28.4 Å². The lowest BCUT2D eigenvalue weighted by atomic mass is 10.2. The lowest BCUT2D eigenvalue weighted by Gasteiger charge is -2.34. The molecule has 142 valence electrons. The van der Waals surface area contributed by atoms with Crippen LogP contribution in [-0.4, -0.2) is 66.0 Å². The molecule has 1 amide bonds. The van der Waals surface area contributed by atoms with E-state index in [1.165, 1.54) is 18.6 Å². The molecule has 4 rings (SSSR count). The minimum absolute atomic E-state index is 0.114. The third kappa shape index (κ3) is 3.39. The van der Waals surface area contributed by atoms with Crippen molar-refractivity contribution < 1.29 is 13.6 Å². The second-order valence-corrected chi connectivity index (χ2v) is 6.49. The molecular weight excluding hydrogens is 356 g/mol. The summed E-state index contributed by atoms with van der Waals surface area (Å²) in [6.45, 7) is 1.80. The molecule has 0 spiro atoms. The van der Waals surface area contributed by atoms with E-state index in [0.29, 0.717) is 49.8 Å². The number of amides is 1. The third-order valence-electron chi connectivity index (χ3n) is 4.72. The molecule has 1 saturated heterocycles. The minimum atomic E-state index is -2.60. The van der Waals surface area contributed by atoms with Crippen LogP contribution in [0.2, 0.25) is 0 Å². The number of hydrogen-bond donors (Lipinski definition) is 0. The molecule has 10 heteroatoms. The zero-order valence-corrected chi connectivity index (χ0v) is 14.8. The topological polar surface area (TPSA) is 71.6 Å². The van der Waals surface area contributed by atoms with Gasteiger partial charge in [-0.15, -0.1) is 0 Å². The van der Waals surface area contributed by atoms with Gasteiger partial charge in [-0.05, 0) is 13.0 Å². The highest BCUT2D eigenvalue weighted by Crippen LogP contribution is 2.17. The van der Waals surface area contributed by atoms with E-state index < -0.39 is 6.55 Å². The number of fused-ring (bicyclic) bond motifs is 1. The van der Waals surface area contributed by atoms with Gasteiger partial charge in [-0.3, -0.25) is 14.3 Å². The minimum Gasteiger partial charge on any atom is -0.336 e. The average Bonchev–Trinajstić information content (AvgIpc) is 3.28. The fraction of sp³-hybridized carbons (Fsp3) is 0.412. The molecule has 0 atom stereocenters. The summed E-state index contributed by atoms with van der Waals surface area (Å²) in [5.74, 6) is 0.212. The third-order valence-corrected chi connectivity index (χ3v) is 4.72. The Bertz CT molecular complexity index is 959. The van der Waals surface area contributed by atoms with Gasteiger partial charge in [0, 0.05) is 50.5 Å². The summed E-state index contributed by atoms with van der Waals surface area (Å²) in [5, 5.41) is 4.18. The molecule has 4 heterocycles. The molecule has 27 heavy (non-hydrogen) atoms. The van der Waals surface area contributed by atoms with E-state index in [9.17, 15) is 13.6 Å². The smallest absolute Gasteiger partial charge is 0.319 e. The van der Waals surface area contributed by atoms with Crippen molar-refractivity contribution in [1.29, 1.82) is 0 Å². The Morgan fingerprint density at radius 2 is 2.00 bits per heavy atom. The van der Waals surface area contributed by atoms with Crippen LogP contribution >= 0.6 is 0 Å². The van der Waals surface area contributed by atoms with E-state index in [1.54, 1.807) is 15.6 Å². The van der Waals surface area contributed by atoms with Crippen LogP contribution in [0.25, 0.3) is 5.65 Å². The second-order valence-electron chi connectivity index (χ2n) is 6.49. The van der Waals surface area contributed by atoms with Crippen LogP contribution in [0.15, 0.2) is 30.9 Å². The predicted molar refractivity (Wildman–Crippen MR) is 92.4 cm³/mol. The molecule has 0 radical (unpaired) electrons. The van der Waals surface area contributed by atoms with Crippen LogP contribution < -0.4 is 0 Å². The highest BCUT2D eigenvalue weighted by Gasteiger charge is 2.26. The lowest BCUT2D eigenvalue weighted by molar-refractivity contribution is 0.0556. The SMILES string of the molecule is Cc1ccn2ncc(C(=O)N3CCN(Cc4nccn4C(F)F)CC3)c2n1. The normalized spacial score (nSPS) is 15.8. The zero-order chi connectivity index (χ0) is 19.0. The van der Waals surface area contributed by atoms with Crippen molar-refractivity contribution in [3.05, 3.63) is 47.9 Å². The molecule has 0 aromatic carbocycles. The average molecular weight is 375 g/mol. The van der Waals surface area contributed by atoms with Gasteiger partial charge in [0.15, 0.2) is 5.65 Å². The number of carbonyl (C=O) groups is 1. The quantitative estimate of drug-likeness (QED) is 0.693. The number of hydrogen-bond acceptors (Lipinski definition) is 5. The highest BCUT2D eigenvalue weighted by atomic mass is 19.3. The summed E-state index contributed by atoms with van der Waals surface area (Å²) < 4.78 is 28.3. The largest absolute Gasteiger partial charge is 0.336 e. The number of carbonyl (C=O) groups excluding carboxylic acids is 1. The van der Waals surface area contributed by atoms with E-state index in [1.807, 2.05) is 17.9 Å². The van der Waals surface area contributed by atoms with Gasteiger partial charge in [-0.2, -0.15) is 13.9 Å². The Labute approximate surface area is 154 Å². The molecule has 8 nitrogen and oxygen atoms in total. The molecule has 0 unspecified atom stereocenters. The van der Waals surface area contributed by atoms with Crippen LogP contribution in [-0.2, 0) is 6.54 Å². The van der Waals surface area contributed by atoms with Gasteiger partial charge in [-0.1, -0.05) is 0 Å². The fourth-order valence-corrected chi connectivity index (χ4v) is 3.23. The van der Waals surface area contributed by atoms with Crippen molar-refractivity contribution in [1.82, 2.24) is 33.9 Å². The molecule has 0 bridgehead atoms. The number of halogens is 2. The zero-order valence-electron chi connectivity index (χ0n) is 14.8. The van der Waals surface area contributed by atoms with E-state index >= 15 is 0 Å². The molecule has 0 saturated carbocycles. The van der Waals surface area contributed by atoms with Crippen LogP contribution in [0, 0.1) is 6.92 Å². The summed E-state index contributed by atoms with van der Waals surface area (Å²) in [6, 6.07) is 1.83. The predicted octanol–water partition coefficient (Wildman–Crippen LogP) is 1.59. The number of rotatable bonds is 4. The van der Waals surface area contributed by atoms with E-state index in [2.05, 4.69) is 15.1 Å². The first-order chi connectivity index (χ1) is 13.0.